The molecule has 0 radical (unpaired) electrons. The van der Waals surface area contributed by atoms with Crippen LogP contribution in [0.3, 0.4) is 0 Å². The summed E-state index contributed by atoms with van der Waals surface area (Å²) in [5.74, 6) is -0.205. The Hall–Kier alpha value is -1.93. The summed E-state index contributed by atoms with van der Waals surface area (Å²) < 4.78 is 27.4. The molecular formula is C21H33N3O4S. The van der Waals surface area contributed by atoms with Gasteiger partial charge in [0.05, 0.1) is 4.90 Å². The number of piperazine rings is 1. The first kappa shape index (κ1) is 23.3. The van der Waals surface area contributed by atoms with Crippen LogP contribution in [0.25, 0.3) is 0 Å². The van der Waals surface area contributed by atoms with Gasteiger partial charge in [0.1, 0.15) is 0 Å². The van der Waals surface area contributed by atoms with Crippen LogP contribution in [0.1, 0.15) is 50.2 Å². The Kier molecular flexibility index (Phi) is 8.64. The molecule has 1 fully saturated rings. The molecule has 1 N–H and O–H groups in total. The highest BCUT2D eigenvalue weighted by atomic mass is 32.2. The molecule has 1 aliphatic rings. The molecule has 0 aliphatic carbocycles. The van der Waals surface area contributed by atoms with E-state index in [2.05, 4.69) is 12.2 Å². The maximum absolute atomic E-state index is 13.0. The van der Waals surface area contributed by atoms with Crippen LogP contribution in [0, 0.1) is 13.8 Å². The number of aryl methyl sites for hydroxylation is 2. The van der Waals surface area contributed by atoms with Crippen LogP contribution in [0.2, 0.25) is 0 Å². The second-order valence-electron chi connectivity index (χ2n) is 7.61. The van der Waals surface area contributed by atoms with Crippen molar-refractivity contribution >= 4 is 21.8 Å². The summed E-state index contributed by atoms with van der Waals surface area (Å²) in [5.41, 5.74) is 1.62. The van der Waals surface area contributed by atoms with Gasteiger partial charge in [0.2, 0.25) is 21.8 Å². The lowest BCUT2D eigenvalue weighted by Gasteiger charge is -2.34. The molecule has 0 spiro atoms. The van der Waals surface area contributed by atoms with E-state index in [1.54, 1.807) is 17.9 Å². The second-order valence-corrected chi connectivity index (χ2v) is 9.52. The summed E-state index contributed by atoms with van der Waals surface area (Å²) in [4.78, 5) is 26.2. The van der Waals surface area contributed by atoms with Crippen LogP contribution < -0.4 is 5.32 Å². The number of unbranched alkanes of at least 4 members (excludes halogenated alkanes) is 2. The molecule has 8 heteroatoms. The number of hydrogen-bond acceptors (Lipinski definition) is 4. The van der Waals surface area contributed by atoms with E-state index in [1.807, 2.05) is 19.1 Å². The number of nitrogens with zero attached hydrogens (tertiary/aromatic N) is 2. The monoisotopic (exact) mass is 423 g/mol. The first-order chi connectivity index (χ1) is 13.8. The smallest absolute Gasteiger partial charge is 0.243 e. The number of hydrogen-bond donors (Lipinski definition) is 1. The summed E-state index contributed by atoms with van der Waals surface area (Å²) in [6.07, 6.45) is 3.45. The summed E-state index contributed by atoms with van der Waals surface area (Å²) in [7, 11) is -3.57. The predicted molar refractivity (Wildman–Crippen MR) is 113 cm³/mol. The first-order valence-electron chi connectivity index (χ1n) is 10.4. The van der Waals surface area contributed by atoms with Gasteiger partial charge < -0.3 is 10.2 Å². The highest BCUT2D eigenvalue weighted by Crippen LogP contribution is 2.22. The third-order valence-electron chi connectivity index (χ3n) is 5.22. The van der Waals surface area contributed by atoms with Gasteiger partial charge in [-0.1, -0.05) is 31.9 Å². The number of nitrogens with one attached hydrogen (secondary N) is 1. The highest BCUT2D eigenvalue weighted by molar-refractivity contribution is 7.89. The molecule has 1 aromatic rings. The Bertz CT molecular complexity index is 815. The number of carbonyl (C=O) groups excluding carboxylic acids is 2. The molecule has 0 atom stereocenters. The normalized spacial score (nSPS) is 15.3. The standard InChI is InChI=1S/C21H33N3O4S/c1-4-5-6-11-22-20(25)9-10-21(26)23-12-14-24(15-13-23)29(27,28)19-16-17(2)7-8-18(19)3/h7-8,16H,4-6,9-15H2,1-3H3,(H,22,25). The third kappa shape index (κ3) is 6.54. The SMILES string of the molecule is CCCCCNC(=O)CCC(=O)N1CCN(S(=O)(=O)c2cc(C)ccc2C)CC1. The molecule has 2 amide bonds. The summed E-state index contributed by atoms with van der Waals surface area (Å²) in [6.45, 7) is 7.65. The van der Waals surface area contributed by atoms with E-state index >= 15 is 0 Å². The van der Waals surface area contributed by atoms with Crippen molar-refractivity contribution in [3.05, 3.63) is 29.3 Å². The van der Waals surface area contributed by atoms with E-state index in [9.17, 15) is 18.0 Å². The van der Waals surface area contributed by atoms with Gasteiger partial charge in [0.15, 0.2) is 0 Å². The topological polar surface area (TPSA) is 86.8 Å². The zero-order chi connectivity index (χ0) is 21.4. The minimum atomic E-state index is -3.57. The van der Waals surface area contributed by atoms with E-state index in [-0.39, 0.29) is 37.7 Å². The van der Waals surface area contributed by atoms with Crippen LogP contribution in [-0.4, -0.2) is 62.2 Å². The van der Waals surface area contributed by atoms with Crippen molar-refractivity contribution in [2.45, 2.75) is 57.8 Å². The maximum Gasteiger partial charge on any atom is 0.243 e. The van der Waals surface area contributed by atoms with Crippen molar-refractivity contribution in [2.24, 2.45) is 0 Å². The predicted octanol–water partition coefficient (Wildman–Crippen LogP) is 2.22. The van der Waals surface area contributed by atoms with E-state index in [1.165, 1.54) is 4.31 Å². The molecule has 0 aromatic heterocycles. The molecule has 162 valence electrons. The lowest BCUT2D eigenvalue weighted by molar-refractivity contribution is -0.134. The maximum atomic E-state index is 13.0. The van der Waals surface area contributed by atoms with Gasteiger partial charge >= 0.3 is 0 Å². The fourth-order valence-corrected chi connectivity index (χ4v) is 5.10. The highest BCUT2D eigenvalue weighted by Gasteiger charge is 2.31. The molecule has 2 rings (SSSR count). The fourth-order valence-electron chi connectivity index (χ4n) is 3.37. The number of benzene rings is 1. The Labute approximate surface area is 174 Å². The van der Waals surface area contributed by atoms with Crippen molar-refractivity contribution in [2.75, 3.05) is 32.7 Å². The van der Waals surface area contributed by atoms with Gasteiger partial charge in [-0.15, -0.1) is 0 Å². The number of rotatable bonds is 9. The van der Waals surface area contributed by atoms with Gasteiger partial charge in [0.25, 0.3) is 0 Å². The van der Waals surface area contributed by atoms with Crippen molar-refractivity contribution in [1.82, 2.24) is 14.5 Å². The Morgan fingerprint density at radius 2 is 1.72 bits per heavy atom. The largest absolute Gasteiger partial charge is 0.356 e. The van der Waals surface area contributed by atoms with Crippen molar-refractivity contribution in [1.29, 1.82) is 0 Å². The Morgan fingerprint density at radius 3 is 2.38 bits per heavy atom. The van der Waals surface area contributed by atoms with Gasteiger partial charge in [-0.2, -0.15) is 4.31 Å². The Balaban J connectivity index is 1.83. The molecule has 1 aromatic carbocycles. The van der Waals surface area contributed by atoms with Gasteiger partial charge in [-0.3, -0.25) is 9.59 Å². The van der Waals surface area contributed by atoms with Gasteiger partial charge in [0, 0.05) is 45.6 Å². The zero-order valence-electron chi connectivity index (χ0n) is 17.7. The Morgan fingerprint density at radius 1 is 1.03 bits per heavy atom. The first-order valence-corrected chi connectivity index (χ1v) is 11.8. The summed E-state index contributed by atoms with van der Waals surface area (Å²) >= 11 is 0. The molecular weight excluding hydrogens is 390 g/mol. The molecule has 1 saturated heterocycles. The molecule has 1 aliphatic heterocycles. The third-order valence-corrected chi connectivity index (χ3v) is 7.26. The van der Waals surface area contributed by atoms with Crippen LogP contribution >= 0.6 is 0 Å². The van der Waals surface area contributed by atoms with E-state index in [0.717, 1.165) is 30.4 Å². The molecule has 0 bridgehead atoms. The summed E-state index contributed by atoms with van der Waals surface area (Å²) in [6, 6.07) is 5.40. The van der Waals surface area contributed by atoms with Crippen LogP contribution in [0.5, 0.6) is 0 Å². The van der Waals surface area contributed by atoms with Crippen LogP contribution in [0.15, 0.2) is 23.1 Å². The van der Waals surface area contributed by atoms with E-state index in [0.29, 0.717) is 24.5 Å². The summed E-state index contributed by atoms with van der Waals surface area (Å²) in [5, 5.41) is 2.83. The van der Waals surface area contributed by atoms with Crippen LogP contribution in [-0.2, 0) is 19.6 Å². The van der Waals surface area contributed by atoms with Crippen molar-refractivity contribution in [3.63, 3.8) is 0 Å². The number of amides is 2. The minimum absolute atomic E-state index is 0.0995. The molecule has 0 saturated carbocycles. The van der Waals surface area contributed by atoms with Crippen molar-refractivity contribution < 1.29 is 18.0 Å². The lowest BCUT2D eigenvalue weighted by Crippen LogP contribution is -2.50. The average Bonchev–Trinajstić information content (AvgIpc) is 2.71. The van der Waals surface area contributed by atoms with Gasteiger partial charge in [-0.25, -0.2) is 8.42 Å². The quantitative estimate of drug-likeness (QED) is 0.617. The fraction of sp³-hybridized carbons (Fsp3) is 0.619. The number of carbonyl (C=O) groups is 2. The zero-order valence-corrected chi connectivity index (χ0v) is 18.6. The average molecular weight is 424 g/mol. The van der Waals surface area contributed by atoms with Crippen LogP contribution in [0.4, 0.5) is 0 Å². The van der Waals surface area contributed by atoms with E-state index < -0.39 is 10.0 Å². The minimum Gasteiger partial charge on any atom is -0.356 e. The second kappa shape index (κ2) is 10.7. The van der Waals surface area contributed by atoms with Crippen molar-refractivity contribution in [3.8, 4) is 0 Å². The van der Waals surface area contributed by atoms with E-state index in [4.69, 9.17) is 0 Å². The molecule has 0 unspecified atom stereocenters. The molecule has 1 heterocycles. The number of sulfonamides is 1. The molecule has 7 nitrogen and oxygen atoms in total. The van der Waals surface area contributed by atoms with Gasteiger partial charge in [-0.05, 0) is 37.5 Å². The lowest BCUT2D eigenvalue weighted by atomic mass is 10.2. The molecule has 29 heavy (non-hydrogen) atoms.